The Morgan fingerprint density at radius 3 is 2.60 bits per heavy atom. The number of rotatable bonds is 5. The Kier molecular flexibility index (Phi) is 5.14. The Labute approximate surface area is 150 Å². The summed E-state index contributed by atoms with van der Waals surface area (Å²) in [6, 6.07) is 9.31. The van der Waals surface area contributed by atoms with Crippen molar-refractivity contribution in [2.75, 3.05) is 11.5 Å². The number of carboxylic acid groups (broad SMARTS) is 1. The van der Waals surface area contributed by atoms with Crippen molar-refractivity contribution in [3.05, 3.63) is 35.9 Å². The molecule has 0 radical (unpaired) electrons. The highest BCUT2D eigenvalue weighted by atomic mass is 32.2. The zero-order chi connectivity index (χ0) is 18.0. The maximum absolute atomic E-state index is 11.9. The maximum Gasteiger partial charge on any atom is 0.248 e. The van der Waals surface area contributed by atoms with Gasteiger partial charge in [0.1, 0.15) is 0 Å². The Balaban J connectivity index is 1.81. The van der Waals surface area contributed by atoms with E-state index in [1.807, 2.05) is 35.2 Å². The molecule has 1 amide bonds. The van der Waals surface area contributed by atoms with E-state index in [9.17, 15) is 23.1 Å². The lowest BCUT2D eigenvalue weighted by Gasteiger charge is -2.24. The number of amides is 1. The Hall–Kier alpha value is -1.87. The van der Waals surface area contributed by atoms with Gasteiger partial charge in [-0.1, -0.05) is 42.1 Å². The molecule has 0 aromatic heterocycles. The van der Waals surface area contributed by atoms with Crippen molar-refractivity contribution in [2.24, 2.45) is 4.99 Å². The molecule has 25 heavy (non-hydrogen) atoms. The van der Waals surface area contributed by atoms with E-state index >= 15 is 0 Å². The van der Waals surface area contributed by atoms with E-state index in [1.54, 1.807) is 0 Å². The molecule has 2 atom stereocenters. The normalized spacial score (nSPS) is 25.9. The van der Waals surface area contributed by atoms with Gasteiger partial charge in [-0.15, -0.1) is 0 Å². The molecule has 2 fully saturated rings. The highest BCUT2D eigenvalue weighted by Crippen LogP contribution is 2.39. The minimum Gasteiger partial charge on any atom is -0.550 e. The Morgan fingerprint density at radius 2 is 1.92 bits per heavy atom. The summed E-state index contributed by atoms with van der Waals surface area (Å²) in [6.07, 6.45) is -0.598. The number of carboxylic acids is 1. The number of aliphatic carboxylic acids is 1. The average Bonchev–Trinajstić information content (AvgIpc) is 2.99. The van der Waals surface area contributed by atoms with Crippen LogP contribution in [-0.4, -0.2) is 53.2 Å². The number of carbonyl (C=O) groups excluding carboxylic acids is 2. The minimum atomic E-state index is -3.09. The van der Waals surface area contributed by atoms with Gasteiger partial charge in [0, 0.05) is 24.2 Å². The SMILES string of the molecule is O=C([O-])CCC(=O)N=C1S[C@H]2CS(=O)(=O)C[C@H]2N1Cc1ccccc1. The number of hydrogen-bond donors (Lipinski definition) is 0. The first-order chi connectivity index (χ1) is 11.8. The van der Waals surface area contributed by atoms with E-state index in [0.29, 0.717) is 11.7 Å². The zero-order valence-electron chi connectivity index (χ0n) is 13.3. The molecule has 0 N–H and O–H groups in total. The third-order valence-corrected chi connectivity index (χ3v) is 7.38. The van der Waals surface area contributed by atoms with Crippen LogP contribution >= 0.6 is 11.8 Å². The molecule has 3 rings (SSSR count). The summed E-state index contributed by atoms with van der Waals surface area (Å²) >= 11 is 1.29. The second kappa shape index (κ2) is 7.17. The van der Waals surface area contributed by atoms with E-state index in [-0.39, 0.29) is 35.6 Å². The van der Waals surface area contributed by atoms with Gasteiger partial charge in [0.2, 0.25) is 5.91 Å². The predicted octanol–water partition coefficient (Wildman–Crippen LogP) is -0.186. The van der Waals surface area contributed by atoms with Crippen LogP contribution in [-0.2, 0) is 26.0 Å². The van der Waals surface area contributed by atoms with Crippen LogP contribution in [0.25, 0.3) is 0 Å². The molecule has 0 bridgehead atoms. The summed E-state index contributed by atoms with van der Waals surface area (Å²) in [5, 5.41) is 10.8. The van der Waals surface area contributed by atoms with Crippen LogP contribution in [0, 0.1) is 0 Å². The fourth-order valence-electron chi connectivity index (χ4n) is 2.97. The molecule has 134 valence electrons. The van der Waals surface area contributed by atoms with Crippen molar-refractivity contribution < 1.29 is 23.1 Å². The zero-order valence-corrected chi connectivity index (χ0v) is 15.0. The summed E-state index contributed by atoms with van der Waals surface area (Å²) in [5.41, 5.74) is 0.989. The van der Waals surface area contributed by atoms with E-state index in [0.717, 1.165) is 5.56 Å². The Morgan fingerprint density at radius 1 is 1.20 bits per heavy atom. The fraction of sp³-hybridized carbons (Fsp3) is 0.438. The number of aliphatic imine (C=N–C) groups is 1. The fourth-order valence-corrected chi connectivity index (χ4v) is 6.94. The van der Waals surface area contributed by atoms with E-state index in [1.165, 1.54) is 11.8 Å². The van der Waals surface area contributed by atoms with Gasteiger partial charge in [-0.25, -0.2) is 8.42 Å². The summed E-state index contributed by atoms with van der Waals surface area (Å²) in [7, 11) is -3.09. The highest BCUT2D eigenvalue weighted by molar-refractivity contribution is 8.15. The summed E-state index contributed by atoms with van der Waals surface area (Å²) in [5.74, 6) is -1.71. The number of hydrogen-bond acceptors (Lipinski definition) is 6. The molecule has 2 saturated heterocycles. The number of carbonyl (C=O) groups is 2. The van der Waals surface area contributed by atoms with Crippen molar-refractivity contribution >= 4 is 38.6 Å². The van der Waals surface area contributed by atoms with Crippen LogP contribution in [0.5, 0.6) is 0 Å². The highest BCUT2D eigenvalue weighted by Gasteiger charge is 2.48. The quantitative estimate of drug-likeness (QED) is 0.696. The first kappa shape index (κ1) is 17.9. The molecule has 2 aliphatic rings. The second-order valence-corrected chi connectivity index (χ2v) is 9.43. The van der Waals surface area contributed by atoms with Crippen LogP contribution in [0.1, 0.15) is 18.4 Å². The molecule has 9 heteroatoms. The van der Waals surface area contributed by atoms with E-state index in [4.69, 9.17) is 0 Å². The number of nitrogens with zero attached hydrogens (tertiary/aromatic N) is 2. The number of benzene rings is 1. The summed E-state index contributed by atoms with van der Waals surface area (Å²) in [6.45, 7) is 0.455. The first-order valence-corrected chi connectivity index (χ1v) is 10.5. The van der Waals surface area contributed by atoms with Gasteiger partial charge in [0.25, 0.3) is 0 Å². The molecule has 0 spiro atoms. The monoisotopic (exact) mass is 381 g/mol. The molecular weight excluding hydrogens is 364 g/mol. The van der Waals surface area contributed by atoms with Gasteiger partial charge in [-0.2, -0.15) is 4.99 Å². The molecule has 1 aromatic carbocycles. The van der Waals surface area contributed by atoms with Gasteiger partial charge in [0.05, 0.1) is 17.5 Å². The van der Waals surface area contributed by atoms with Crippen LogP contribution in [0.2, 0.25) is 0 Å². The summed E-state index contributed by atoms with van der Waals surface area (Å²) < 4.78 is 23.9. The molecule has 1 aromatic rings. The second-order valence-electron chi connectivity index (χ2n) is 6.07. The Bertz CT molecular complexity index is 807. The minimum absolute atomic E-state index is 0.0454. The topological polar surface area (TPSA) is 107 Å². The molecule has 0 aliphatic carbocycles. The largest absolute Gasteiger partial charge is 0.550 e. The van der Waals surface area contributed by atoms with E-state index in [2.05, 4.69) is 4.99 Å². The van der Waals surface area contributed by atoms with Crippen molar-refractivity contribution in [3.63, 3.8) is 0 Å². The maximum atomic E-state index is 11.9. The smallest absolute Gasteiger partial charge is 0.248 e. The number of sulfone groups is 1. The van der Waals surface area contributed by atoms with Crippen molar-refractivity contribution in [3.8, 4) is 0 Å². The van der Waals surface area contributed by atoms with Gasteiger partial charge in [0.15, 0.2) is 15.0 Å². The number of thioether (sulfide) groups is 1. The molecule has 0 unspecified atom stereocenters. The van der Waals surface area contributed by atoms with Crippen molar-refractivity contribution in [2.45, 2.75) is 30.7 Å². The lowest BCUT2D eigenvalue weighted by atomic mass is 10.1. The van der Waals surface area contributed by atoms with Crippen LogP contribution < -0.4 is 5.11 Å². The van der Waals surface area contributed by atoms with Crippen LogP contribution in [0.15, 0.2) is 35.3 Å². The lowest BCUT2D eigenvalue weighted by molar-refractivity contribution is -0.305. The van der Waals surface area contributed by atoms with Crippen molar-refractivity contribution in [1.29, 1.82) is 0 Å². The average molecular weight is 381 g/mol. The van der Waals surface area contributed by atoms with Crippen LogP contribution in [0.3, 0.4) is 0 Å². The molecular formula is C16H17N2O5S2-. The molecule has 2 aliphatic heterocycles. The number of fused-ring (bicyclic) bond motifs is 1. The lowest BCUT2D eigenvalue weighted by Crippen LogP contribution is -2.37. The van der Waals surface area contributed by atoms with Gasteiger partial charge >= 0.3 is 0 Å². The third kappa shape index (κ3) is 4.40. The number of amidine groups is 1. The van der Waals surface area contributed by atoms with Crippen LogP contribution in [0.4, 0.5) is 0 Å². The third-order valence-electron chi connectivity index (χ3n) is 4.13. The van der Waals surface area contributed by atoms with Gasteiger partial charge < -0.3 is 14.8 Å². The molecule has 2 heterocycles. The molecule has 7 nitrogen and oxygen atoms in total. The van der Waals surface area contributed by atoms with Gasteiger partial charge in [-0.05, 0) is 12.0 Å². The predicted molar refractivity (Wildman–Crippen MR) is 92.5 cm³/mol. The van der Waals surface area contributed by atoms with Gasteiger partial charge in [-0.3, -0.25) is 4.79 Å². The molecule has 0 saturated carbocycles. The first-order valence-electron chi connectivity index (χ1n) is 7.83. The van der Waals surface area contributed by atoms with Crippen molar-refractivity contribution in [1.82, 2.24) is 4.90 Å². The standard InChI is InChI=1S/C16H18N2O5S2/c19-14(6-7-15(20)21)17-16-18(8-11-4-2-1-3-5-11)12-9-25(22,23)10-13(12)24-16/h1-5,12-13H,6-10H2,(H,20,21)/p-1/t12-,13+/m1/s1. The summed E-state index contributed by atoms with van der Waals surface area (Å²) in [4.78, 5) is 28.3. The van der Waals surface area contributed by atoms with E-state index < -0.39 is 21.7 Å².